The lowest BCUT2D eigenvalue weighted by Gasteiger charge is -2.09. The van der Waals surface area contributed by atoms with Crippen LogP contribution in [0.1, 0.15) is 5.56 Å². The second-order valence-electron chi connectivity index (χ2n) is 3.08. The van der Waals surface area contributed by atoms with E-state index in [4.69, 9.17) is 5.11 Å². The number of nitrogens with one attached hydrogen (secondary N) is 1. The molecule has 13 heavy (non-hydrogen) atoms. The third-order valence-electron chi connectivity index (χ3n) is 1.85. The van der Waals surface area contributed by atoms with Gasteiger partial charge in [0.2, 0.25) is 0 Å². The van der Waals surface area contributed by atoms with E-state index in [2.05, 4.69) is 5.32 Å². The standard InChI is InChI=1S/C10H15NO2/c1-11-7-10(13)6-8-2-4-9(12)5-3-8/h2-5,10-13H,6-7H2,1H3. The Hall–Kier alpha value is -1.06. The molecule has 0 saturated heterocycles. The van der Waals surface area contributed by atoms with Crippen molar-refractivity contribution in [1.82, 2.24) is 5.32 Å². The van der Waals surface area contributed by atoms with Gasteiger partial charge < -0.3 is 15.5 Å². The molecule has 1 atom stereocenters. The maximum Gasteiger partial charge on any atom is 0.115 e. The fourth-order valence-electron chi connectivity index (χ4n) is 1.21. The summed E-state index contributed by atoms with van der Waals surface area (Å²) in [6, 6.07) is 6.88. The Labute approximate surface area is 78.0 Å². The summed E-state index contributed by atoms with van der Waals surface area (Å²) in [4.78, 5) is 0. The summed E-state index contributed by atoms with van der Waals surface area (Å²) in [5, 5.41) is 21.4. The van der Waals surface area contributed by atoms with Crippen LogP contribution in [0, 0.1) is 0 Å². The lowest BCUT2D eigenvalue weighted by atomic mass is 10.1. The first kappa shape index (κ1) is 10.0. The van der Waals surface area contributed by atoms with Crippen LogP contribution in [0.4, 0.5) is 0 Å². The molecule has 1 rings (SSSR count). The van der Waals surface area contributed by atoms with Gasteiger partial charge in [0.05, 0.1) is 6.10 Å². The van der Waals surface area contributed by atoms with E-state index in [1.54, 1.807) is 19.2 Å². The lowest BCUT2D eigenvalue weighted by molar-refractivity contribution is 0.175. The Balaban J connectivity index is 2.49. The van der Waals surface area contributed by atoms with Crippen molar-refractivity contribution in [2.24, 2.45) is 0 Å². The minimum absolute atomic E-state index is 0.256. The average Bonchev–Trinajstić information content (AvgIpc) is 2.09. The van der Waals surface area contributed by atoms with E-state index in [1.807, 2.05) is 12.1 Å². The van der Waals surface area contributed by atoms with Gasteiger partial charge in [-0.3, -0.25) is 0 Å². The highest BCUT2D eigenvalue weighted by Gasteiger charge is 2.03. The molecular weight excluding hydrogens is 166 g/mol. The molecule has 0 aromatic heterocycles. The van der Waals surface area contributed by atoms with E-state index in [0.29, 0.717) is 13.0 Å². The highest BCUT2D eigenvalue weighted by molar-refractivity contribution is 5.26. The Bertz CT molecular complexity index is 246. The van der Waals surface area contributed by atoms with E-state index in [1.165, 1.54) is 0 Å². The van der Waals surface area contributed by atoms with Crippen LogP contribution in [0.25, 0.3) is 0 Å². The fourth-order valence-corrected chi connectivity index (χ4v) is 1.21. The van der Waals surface area contributed by atoms with E-state index in [-0.39, 0.29) is 11.9 Å². The molecule has 3 N–H and O–H groups in total. The second kappa shape index (κ2) is 4.84. The number of phenolic OH excluding ortho intramolecular Hbond substituents is 1. The summed E-state index contributed by atoms with van der Waals surface area (Å²) in [7, 11) is 1.81. The third kappa shape index (κ3) is 3.44. The number of aromatic hydroxyl groups is 1. The number of hydrogen-bond donors (Lipinski definition) is 3. The van der Waals surface area contributed by atoms with Crippen LogP contribution in [0.2, 0.25) is 0 Å². The van der Waals surface area contributed by atoms with E-state index in [9.17, 15) is 5.11 Å². The Morgan fingerprint density at radius 1 is 1.31 bits per heavy atom. The van der Waals surface area contributed by atoms with Crippen molar-refractivity contribution in [2.75, 3.05) is 13.6 Å². The average molecular weight is 181 g/mol. The van der Waals surface area contributed by atoms with Crippen molar-refractivity contribution in [3.05, 3.63) is 29.8 Å². The minimum Gasteiger partial charge on any atom is -0.508 e. The van der Waals surface area contributed by atoms with E-state index >= 15 is 0 Å². The highest BCUT2D eigenvalue weighted by Crippen LogP contribution is 2.10. The SMILES string of the molecule is CNCC(O)Cc1ccc(O)cc1. The van der Waals surface area contributed by atoms with Crippen molar-refractivity contribution in [1.29, 1.82) is 0 Å². The predicted octanol–water partition coefficient (Wildman–Crippen LogP) is 0.515. The molecule has 0 radical (unpaired) electrons. The number of hydrogen-bond acceptors (Lipinski definition) is 3. The van der Waals surface area contributed by atoms with Gasteiger partial charge in [0.15, 0.2) is 0 Å². The summed E-state index contributed by atoms with van der Waals surface area (Å²) >= 11 is 0. The number of phenols is 1. The van der Waals surface area contributed by atoms with Crippen LogP contribution < -0.4 is 5.32 Å². The van der Waals surface area contributed by atoms with Gasteiger partial charge in [-0.15, -0.1) is 0 Å². The molecule has 0 aliphatic heterocycles. The quantitative estimate of drug-likeness (QED) is 0.634. The highest BCUT2D eigenvalue weighted by atomic mass is 16.3. The molecule has 0 aliphatic carbocycles. The van der Waals surface area contributed by atoms with Crippen LogP contribution in [-0.4, -0.2) is 29.9 Å². The zero-order valence-corrected chi connectivity index (χ0v) is 7.70. The van der Waals surface area contributed by atoms with Gasteiger partial charge in [0.25, 0.3) is 0 Å². The lowest BCUT2D eigenvalue weighted by Crippen LogP contribution is -2.25. The van der Waals surface area contributed by atoms with E-state index < -0.39 is 0 Å². The molecule has 0 bridgehead atoms. The normalized spacial score (nSPS) is 12.8. The Morgan fingerprint density at radius 3 is 2.46 bits per heavy atom. The van der Waals surface area contributed by atoms with Crippen molar-refractivity contribution in [3.8, 4) is 5.75 Å². The molecule has 0 spiro atoms. The third-order valence-corrected chi connectivity index (χ3v) is 1.85. The summed E-state index contributed by atoms with van der Waals surface area (Å²) in [6.45, 7) is 0.584. The van der Waals surface area contributed by atoms with Crippen molar-refractivity contribution < 1.29 is 10.2 Å². The molecular formula is C10H15NO2. The summed E-state index contributed by atoms with van der Waals surface area (Å²) < 4.78 is 0. The number of aliphatic hydroxyl groups is 1. The summed E-state index contributed by atoms with van der Waals surface area (Å²) in [5.41, 5.74) is 1.03. The minimum atomic E-state index is -0.366. The molecule has 1 unspecified atom stereocenters. The van der Waals surface area contributed by atoms with Gasteiger partial charge in [-0.2, -0.15) is 0 Å². The van der Waals surface area contributed by atoms with Gasteiger partial charge >= 0.3 is 0 Å². The zero-order valence-electron chi connectivity index (χ0n) is 7.70. The molecule has 0 aliphatic rings. The number of aliphatic hydroxyl groups excluding tert-OH is 1. The van der Waals surface area contributed by atoms with Crippen molar-refractivity contribution >= 4 is 0 Å². The summed E-state index contributed by atoms with van der Waals surface area (Å²) in [6.07, 6.45) is 0.246. The zero-order chi connectivity index (χ0) is 9.68. The monoisotopic (exact) mass is 181 g/mol. The topological polar surface area (TPSA) is 52.5 Å². The molecule has 3 nitrogen and oxygen atoms in total. The van der Waals surface area contributed by atoms with Crippen LogP contribution in [0.3, 0.4) is 0 Å². The molecule has 1 aromatic rings. The van der Waals surface area contributed by atoms with Gasteiger partial charge in [-0.25, -0.2) is 0 Å². The smallest absolute Gasteiger partial charge is 0.115 e. The molecule has 1 aromatic carbocycles. The van der Waals surface area contributed by atoms with Crippen LogP contribution >= 0.6 is 0 Å². The first-order valence-electron chi connectivity index (χ1n) is 4.33. The predicted molar refractivity (Wildman–Crippen MR) is 51.7 cm³/mol. The number of rotatable bonds is 4. The summed E-state index contributed by atoms with van der Waals surface area (Å²) in [5.74, 6) is 0.256. The van der Waals surface area contributed by atoms with Crippen molar-refractivity contribution in [2.45, 2.75) is 12.5 Å². The first-order chi connectivity index (χ1) is 6.22. The van der Waals surface area contributed by atoms with Gasteiger partial charge in [-0.05, 0) is 31.2 Å². The Morgan fingerprint density at radius 2 is 1.92 bits per heavy atom. The van der Waals surface area contributed by atoms with Crippen LogP contribution in [-0.2, 0) is 6.42 Å². The molecule has 3 heteroatoms. The van der Waals surface area contributed by atoms with Crippen LogP contribution in [0.15, 0.2) is 24.3 Å². The molecule has 0 fully saturated rings. The van der Waals surface area contributed by atoms with Gasteiger partial charge in [0.1, 0.15) is 5.75 Å². The van der Waals surface area contributed by atoms with E-state index in [0.717, 1.165) is 5.56 Å². The largest absolute Gasteiger partial charge is 0.508 e. The molecule has 0 saturated carbocycles. The molecule has 72 valence electrons. The fraction of sp³-hybridized carbons (Fsp3) is 0.400. The first-order valence-corrected chi connectivity index (χ1v) is 4.33. The van der Waals surface area contributed by atoms with Crippen molar-refractivity contribution in [3.63, 3.8) is 0 Å². The molecule has 0 amide bonds. The second-order valence-corrected chi connectivity index (χ2v) is 3.08. The van der Waals surface area contributed by atoms with Gasteiger partial charge in [-0.1, -0.05) is 12.1 Å². The maximum atomic E-state index is 9.45. The molecule has 0 heterocycles. The number of likely N-dealkylation sites (N-methyl/N-ethyl adjacent to an activating group) is 1. The van der Waals surface area contributed by atoms with Gasteiger partial charge in [0, 0.05) is 6.54 Å². The Kier molecular flexibility index (Phi) is 3.73. The van der Waals surface area contributed by atoms with Crippen LogP contribution in [0.5, 0.6) is 5.75 Å². The number of benzene rings is 1. The maximum absolute atomic E-state index is 9.45.